The molecule has 5 rings (SSSR count). The number of para-hydroxylation sites is 1. The Hall–Kier alpha value is -3.26. The first-order valence-corrected chi connectivity index (χ1v) is 9.66. The number of benzene rings is 3. The fourth-order valence-electron chi connectivity index (χ4n) is 4.35. The van der Waals surface area contributed by atoms with Gasteiger partial charge in [-0.15, -0.1) is 0 Å². The topological polar surface area (TPSA) is 25.2 Å². The van der Waals surface area contributed by atoms with E-state index < -0.39 is 0 Å². The maximum absolute atomic E-state index is 5.94. The minimum atomic E-state index is 0.0151. The van der Waals surface area contributed by atoms with Crippen LogP contribution in [0.25, 0.3) is 27.5 Å². The molecule has 2 nitrogen and oxygen atoms in total. The smallest absolute Gasteiger partial charge is 0.135 e. The molecule has 1 aliphatic rings. The Morgan fingerprint density at radius 3 is 2.43 bits per heavy atom. The molecule has 0 atom stereocenters. The van der Waals surface area contributed by atoms with Gasteiger partial charge in [0.15, 0.2) is 0 Å². The van der Waals surface area contributed by atoms with Crippen LogP contribution >= 0.6 is 0 Å². The second kappa shape index (κ2) is 5.87. The van der Waals surface area contributed by atoms with Gasteiger partial charge in [0.1, 0.15) is 11.2 Å². The van der Waals surface area contributed by atoms with Crippen LogP contribution in [0.15, 0.2) is 83.3 Å². The van der Waals surface area contributed by atoms with Gasteiger partial charge >= 0.3 is 0 Å². The zero-order valence-corrected chi connectivity index (χ0v) is 16.5. The van der Waals surface area contributed by atoms with Gasteiger partial charge in [0.2, 0.25) is 0 Å². The van der Waals surface area contributed by atoms with Crippen LogP contribution in [0.5, 0.6) is 0 Å². The molecule has 28 heavy (non-hydrogen) atoms. The monoisotopic (exact) mass is 365 g/mol. The van der Waals surface area contributed by atoms with E-state index in [-0.39, 0.29) is 5.41 Å². The van der Waals surface area contributed by atoms with Crippen molar-refractivity contribution in [2.45, 2.75) is 26.2 Å². The van der Waals surface area contributed by atoms with Crippen molar-refractivity contribution in [2.24, 2.45) is 0 Å². The summed E-state index contributed by atoms with van der Waals surface area (Å²) in [5.74, 6) is 0. The van der Waals surface area contributed by atoms with Crippen molar-refractivity contribution in [1.82, 2.24) is 0 Å². The molecule has 0 amide bonds. The van der Waals surface area contributed by atoms with Crippen LogP contribution < -0.4 is 5.32 Å². The largest absolute Gasteiger partial charge is 0.456 e. The highest BCUT2D eigenvalue weighted by Crippen LogP contribution is 2.47. The highest BCUT2D eigenvalue weighted by atomic mass is 16.3. The first-order chi connectivity index (χ1) is 13.5. The third kappa shape index (κ3) is 2.34. The summed E-state index contributed by atoms with van der Waals surface area (Å²) < 4.78 is 5.94. The molecule has 1 heterocycles. The van der Waals surface area contributed by atoms with Crippen LogP contribution in [-0.2, 0) is 5.41 Å². The van der Waals surface area contributed by atoms with Gasteiger partial charge in [0, 0.05) is 27.6 Å². The van der Waals surface area contributed by atoms with E-state index in [2.05, 4.69) is 69.1 Å². The predicted octanol–water partition coefficient (Wildman–Crippen LogP) is 7.58. The van der Waals surface area contributed by atoms with Crippen molar-refractivity contribution in [1.29, 1.82) is 0 Å². The number of nitrogens with one attached hydrogen (secondary N) is 1. The third-order valence-electron chi connectivity index (χ3n) is 6.19. The Bertz CT molecular complexity index is 1290. The number of rotatable bonds is 3. The summed E-state index contributed by atoms with van der Waals surface area (Å²) in [7, 11) is 0. The summed E-state index contributed by atoms with van der Waals surface area (Å²) in [6.45, 7) is 10.8. The molecular formula is C26H23NO. The second-order valence-electron chi connectivity index (χ2n) is 8.06. The quantitative estimate of drug-likeness (QED) is 0.405. The molecule has 0 bridgehead atoms. The molecule has 0 aliphatic heterocycles. The minimum absolute atomic E-state index is 0.0151. The number of hydrogen-bond acceptors (Lipinski definition) is 2. The summed E-state index contributed by atoms with van der Waals surface area (Å²) in [4.78, 5) is 0. The molecule has 0 saturated carbocycles. The number of allylic oxidation sites excluding steroid dienone is 3. The van der Waals surface area contributed by atoms with Crippen LogP contribution in [0.1, 0.15) is 31.9 Å². The average Bonchev–Trinajstić information content (AvgIpc) is 3.15. The van der Waals surface area contributed by atoms with Crippen LogP contribution in [0, 0.1) is 0 Å². The highest BCUT2D eigenvalue weighted by Gasteiger charge is 2.34. The van der Waals surface area contributed by atoms with Gasteiger partial charge in [-0.25, -0.2) is 0 Å². The number of anilines is 2. The van der Waals surface area contributed by atoms with Crippen molar-refractivity contribution in [3.8, 4) is 0 Å². The summed E-state index contributed by atoms with van der Waals surface area (Å²) in [5, 5.41) is 5.86. The van der Waals surface area contributed by atoms with E-state index in [0.717, 1.165) is 33.3 Å². The molecule has 0 spiro atoms. The van der Waals surface area contributed by atoms with E-state index in [0.29, 0.717) is 0 Å². The van der Waals surface area contributed by atoms with Gasteiger partial charge < -0.3 is 9.73 Å². The molecule has 0 unspecified atom stereocenters. The van der Waals surface area contributed by atoms with Crippen LogP contribution in [0.3, 0.4) is 0 Å². The van der Waals surface area contributed by atoms with Crippen molar-refractivity contribution < 1.29 is 4.42 Å². The van der Waals surface area contributed by atoms with Crippen molar-refractivity contribution in [2.75, 3.05) is 5.32 Å². The fraction of sp³-hybridized carbons (Fsp3) is 0.154. The van der Waals surface area contributed by atoms with E-state index in [1.165, 1.54) is 22.3 Å². The van der Waals surface area contributed by atoms with Crippen LogP contribution in [-0.4, -0.2) is 0 Å². The van der Waals surface area contributed by atoms with E-state index in [1.54, 1.807) is 0 Å². The molecule has 3 aromatic carbocycles. The van der Waals surface area contributed by atoms with Gasteiger partial charge in [0.25, 0.3) is 0 Å². The van der Waals surface area contributed by atoms with Crippen molar-refractivity contribution >= 4 is 38.9 Å². The number of furan rings is 1. The Morgan fingerprint density at radius 1 is 0.893 bits per heavy atom. The van der Waals surface area contributed by atoms with Crippen LogP contribution in [0.2, 0.25) is 0 Å². The Morgan fingerprint density at radius 2 is 1.61 bits per heavy atom. The van der Waals surface area contributed by atoms with Gasteiger partial charge in [-0.05, 0) is 60.0 Å². The average molecular weight is 365 g/mol. The summed E-state index contributed by atoms with van der Waals surface area (Å²) in [6.07, 6.45) is 1.98. The molecule has 138 valence electrons. The molecule has 0 radical (unpaired) electrons. The lowest BCUT2D eigenvalue weighted by Crippen LogP contribution is -2.15. The van der Waals surface area contributed by atoms with Crippen molar-refractivity contribution in [3.05, 3.63) is 90.0 Å². The molecule has 2 heteroatoms. The standard InChI is InChI=1S/C26H23NO/c1-5-19-16(2)26(3,4)23-15-18(10-12-20(19)23)27-17-11-13-25-22(14-17)21-8-6-7-9-24(21)28-25/h5-15,27H,1H2,2-4H3. The molecule has 0 saturated heterocycles. The predicted molar refractivity (Wildman–Crippen MR) is 119 cm³/mol. The molecular weight excluding hydrogens is 342 g/mol. The lowest BCUT2D eigenvalue weighted by molar-refractivity contribution is 0.639. The molecule has 1 N–H and O–H groups in total. The Labute approximate surface area is 165 Å². The normalized spacial score (nSPS) is 15.2. The van der Waals surface area contributed by atoms with E-state index >= 15 is 0 Å². The number of hydrogen-bond donors (Lipinski definition) is 1. The Kier molecular flexibility index (Phi) is 3.54. The summed E-state index contributed by atoms with van der Waals surface area (Å²) in [6, 6.07) is 21.1. The lowest BCUT2D eigenvalue weighted by Gasteiger charge is -2.23. The van der Waals surface area contributed by atoms with Gasteiger partial charge in [0.05, 0.1) is 0 Å². The molecule has 1 aromatic heterocycles. The third-order valence-corrected chi connectivity index (χ3v) is 6.19. The second-order valence-corrected chi connectivity index (χ2v) is 8.06. The van der Waals surface area contributed by atoms with Crippen molar-refractivity contribution in [3.63, 3.8) is 0 Å². The highest BCUT2D eigenvalue weighted by molar-refractivity contribution is 6.06. The SMILES string of the molecule is C=CC1=C(C)C(C)(C)c2cc(Nc3ccc4oc5ccccc5c4c3)ccc21. The maximum Gasteiger partial charge on any atom is 0.135 e. The summed E-state index contributed by atoms with van der Waals surface area (Å²) in [5.41, 5.74) is 9.28. The van der Waals surface area contributed by atoms with Gasteiger partial charge in [-0.2, -0.15) is 0 Å². The maximum atomic E-state index is 5.94. The van der Waals surface area contributed by atoms with Gasteiger partial charge in [-0.3, -0.25) is 0 Å². The summed E-state index contributed by atoms with van der Waals surface area (Å²) >= 11 is 0. The molecule has 0 fully saturated rings. The van der Waals surface area contributed by atoms with Crippen LogP contribution in [0.4, 0.5) is 11.4 Å². The lowest BCUT2D eigenvalue weighted by atomic mass is 9.82. The van der Waals surface area contributed by atoms with E-state index in [4.69, 9.17) is 4.42 Å². The Balaban J connectivity index is 1.55. The minimum Gasteiger partial charge on any atom is -0.456 e. The van der Waals surface area contributed by atoms with E-state index in [9.17, 15) is 0 Å². The van der Waals surface area contributed by atoms with Gasteiger partial charge in [-0.1, -0.05) is 56.3 Å². The zero-order valence-electron chi connectivity index (χ0n) is 16.5. The molecule has 4 aromatic rings. The zero-order chi connectivity index (χ0) is 19.5. The molecule has 1 aliphatic carbocycles. The number of fused-ring (bicyclic) bond motifs is 4. The first-order valence-electron chi connectivity index (χ1n) is 9.66. The fourth-order valence-corrected chi connectivity index (χ4v) is 4.35. The van der Waals surface area contributed by atoms with E-state index in [1.807, 2.05) is 30.3 Å². The first kappa shape index (κ1) is 16.9.